The van der Waals surface area contributed by atoms with Gasteiger partial charge in [-0.05, 0) is 31.0 Å². The quantitative estimate of drug-likeness (QED) is 0.879. The van der Waals surface area contributed by atoms with Crippen molar-refractivity contribution in [2.45, 2.75) is 32.9 Å². The SMILES string of the molecule is CCc1ccc(N(C)C(CN)c2cnn(CC)c2)cc1. The third-order valence-electron chi connectivity index (χ3n) is 3.80. The van der Waals surface area contributed by atoms with Crippen LogP contribution in [0.2, 0.25) is 0 Å². The maximum absolute atomic E-state index is 5.97. The lowest BCUT2D eigenvalue weighted by atomic mass is 10.1. The number of benzene rings is 1. The van der Waals surface area contributed by atoms with Crippen LogP contribution in [0.5, 0.6) is 0 Å². The molecule has 2 rings (SSSR count). The van der Waals surface area contributed by atoms with E-state index in [-0.39, 0.29) is 6.04 Å². The van der Waals surface area contributed by atoms with E-state index in [0.29, 0.717) is 6.54 Å². The van der Waals surface area contributed by atoms with E-state index in [0.717, 1.165) is 18.5 Å². The molecule has 0 amide bonds. The molecule has 0 radical (unpaired) electrons. The molecule has 0 aliphatic rings. The van der Waals surface area contributed by atoms with Crippen LogP contribution in [0.3, 0.4) is 0 Å². The first-order valence-corrected chi connectivity index (χ1v) is 7.23. The number of anilines is 1. The molecule has 0 saturated heterocycles. The average molecular weight is 272 g/mol. The summed E-state index contributed by atoms with van der Waals surface area (Å²) in [6, 6.07) is 8.82. The Morgan fingerprint density at radius 2 is 1.95 bits per heavy atom. The van der Waals surface area contributed by atoms with Gasteiger partial charge in [-0.25, -0.2) is 0 Å². The number of rotatable bonds is 6. The van der Waals surface area contributed by atoms with Gasteiger partial charge in [0.1, 0.15) is 0 Å². The molecular formula is C16H24N4. The first kappa shape index (κ1) is 14.6. The van der Waals surface area contributed by atoms with Crippen molar-refractivity contribution in [3.63, 3.8) is 0 Å². The molecule has 1 aromatic carbocycles. The third-order valence-corrected chi connectivity index (χ3v) is 3.80. The van der Waals surface area contributed by atoms with Crippen LogP contribution in [0.4, 0.5) is 5.69 Å². The zero-order chi connectivity index (χ0) is 14.5. The van der Waals surface area contributed by atoms with Crippen LogP contribution in [0.15, 0.2) is 36.7 Å². The summed E-state index contributed by atoms with van der Waals surface area (Å²) < 4.78 is 1.94. The van der Waals surface area contributed by atoms with E-state index in [4.69, 9.17) is 5.73 Å². The van der Waals surface area contributed by atoms with E-state index in [9.17, 15) is 0 Å². The van der Waals surface area contributed by atoms with E-state index < -0.39 is 0 Å². The number of nitrogens with zero attached hydrogens (tertiary/aromatic N) is 3. The lowest BCUT2D eigenvalue weighted by molar-refractivity contribution is 0.651. The fourth-order valence-corrected chi connectivity index (χ4v) is 2.39. The molecule has 1 atom stereocenters. The molecular weight excluding hydrogens is 248 g/mol. The summed E-state index contributed by atoms with van der Waals surface area (Å²) >= 11 is 0. The number of hydrogen-bond donors (Lipinski definition) is 1. The highest BCUT2D eigenvalue weighted by Crippen LogP contribution is 2.25. The first-order chi connectivity index (χ1) is 9.69. The maximum Gasteiger partial charge on any atom is 0.0692 e. The standard InChI is InChI=1S/C16H24N4/c1-4-13-6-8-15(9-7-13)19(3)16(10-17)14-11-18-20(5-2)12-14/h6-9,11-12,16H,4-5,10,17H2,1-3H3. The van der Waals surface area contributed by atoms with Gasteiger partial charge in [-0.2, -0.15) is 5.10 Å². The van der Waals surface area contributed by atoms with Gasteiger partial charge in [0.25, 0.3) is 0 Å². The van der Waals surface area contributed by atoms with Gasteiger partial charge in [0, 0.05) is 37.6 Å². The fraction of sp³-hybridized carbons (Fsp3) is 0.438. The molecule has 4 heteroatoms. The van der Waals surface area contributed by atoms with E-state index >= 15 is 0 Å². The number of nitrogens with two attached hydrogens (primary N) is 1. The van der Waals surface area contributed by atoms with Crippen LogP contribution in [-0.2, 0) is 13.0 Å². The fourth-order valence-electron chi connectivity index (χ4n) is 2.39. The van der Waals surface area contributed by atoms with Crippen molar-refractivity contribution in [2.24, 2.45) is 5.73 Å². The topological polar surface area (TPSA) is 47.1 Å². The third kappa shape index (κ3) is 3.02. The van der Waals surface area contributed by atoms with Crippen molar-refractivity contribution < 1.29 is 0 Å². The van der Waals surface area contributed by atoms with E-state index in [1.807, 2.05) is 10.9 Å². The Labute approximate surface area is 121 Å². The Morgan fingerprint density at radius 1 is 1.25 bits per heavy atom. The Morgan fingerprint density at radius 3 is 2.45 bits per heavy atom. The normalized spacial score (nSPS) is 12.4. The zero-order valence-corrected chi connectivity index (χ0v) is 12.6. The minimum atomic E-state index is 0.155. The van der Waals surface area contributed by atoms with Crippen molar-refractivity contribution in [2.75, 3.05) is 18.5 Å². The molecule has 4 nitrogen and oxygen atoms in total. The van der Waals surface area contributed by atoms with Gasteiger partial charge in [0.2, 0.25) is 0 Å². The van der Waals surface area contributed by atoms with E-state index in [1.165, 1.54) is 11.3 Å². The lowest BCUT2D eigenvalue weighted by Crippen LogP contribution is -2.30. The molecule has 2 aromatic rings. The molecule has 0 aliphatic carbocycles. The minimum absolute atomic E-state index is 0.155. The second kappa shape index (κ2) is 6.57. The highest BCUT2D eigenvalue weighted by Gasteiger charge is 2.17. The summed E-state index contributed by atoms with van der Waals surface area (Å²) in [4.78, 5) is 2.22. The summed E-state index contributed by atoms with van der Waals surface area (Å²) in [6.07, 6.45) is 5.06. The van der Waals surface area contributed by atoms with Crippen LogP contribution < -0.4 is 10.6 Å². The molecule has 0 aliphatic heterocycles. The van der Waals surface area contributed by atoms with Crippen LogP contribution in [0.1, 0.15) is 31.0 Å². The Kier molecular flexibility index (Phi) is 4.79. The van der Waals surface area contributed by atoms with Crippen molar-refractivity contribution in [3.8, 4) is 0 Å². The summed E-state index contributed by atoms with van der Waals surface area (Å²) in [6.45, 7) is 5.70. The van der Waals surface area contributed by atoms with Gasteiger partial charge >= 0.3 is 0 Å². The molecule has 0 saturated carbocycles. The highest BCUT2D eigenvalue weighted by molar-refractivity contribution is 5.49. The van der Waals surface area contributed by atoms with Gasteiger partial charge in [0.05, 0.1) is 12.2 Å². The summed E-state index contributed by atoms with van der Waals surface area (Å²) in [5.74, 6) is 0. The minimum Gasteiger partial charge on any atom is -0.366 e. The predicted octanol–water partition coefficient (Wildman–Crippen LogP) is 2.60. The second-order valence-corrected chi connectivity index (χ2v) is 5.01. The molecule has 0 spiro atoms. The number of aromatic nitrogens is 2. The smallest absolute Gasteiger partial charge is 0.0692 e. The molecule has 0 fully saturated rings. The Hall–Kier alpha value is -1.81. The van der Waals surface area contributed by atoms with Crippen LogP contribution in [0, 0.1) is 0 Å². The van der Waals surface area contributed by atoms with Crippen molar-refractivity contribution >= 4 is 5.69 Å². The predicted molar refractivity (Wildman–Crippen MR) is 83.9 cm³/mol. The summed E-state index contributed by atoms with van der Waals surface area (Å²) in [5.41, 5.74) is 9.67. The van der Waals surface area contributed by atoms with E-state index in [2.05, 4.69) is 61.4 Å². The largest absolute Gasteiger partial charge is 0.366 e. The maximum atomic E-state index is 5.97. The number of hydrogen-bond acceptors (Lipinski definition) is 3. The monoisotopic (exact) mass is 272 g/mol. The lowest BCUT2D eigenvalue weighted by Gasteiger charge is -2.28. The summed E-state index contributed by atoms with van der Waals surface area (Å²) in [7, 11) is 2.09. The first-order valence-electron chi connectivity index (χ1n) is 7.23. The van der Waals surface area contributed by atoms with Crippen LogP contribution >= 0.6 is 0 Å². The van der Waals surface area contributed by atoms with Crippen LogP contribution in [0.25, 0.3) is 0 Å². The molecule has 108 valence electrons. The van der Waals surface area contributed by atoms with Gasteiger partial charge < -0.3 is 10.6 Å². The molecule has 0 bridgehead atoms. The number of likely N-dealkylation sites (N-methyl/N-ethyl adjacent to an activating group) is 1. The summed E-state index contributed by atoms with van der Waals surface area (Å²) in [5, 5.41) is 4.34. The average Bonchev–Trinajstić information content (AvgIpc) is 2.96. The molecule has 1 unspecified atom stereocenters. The second-order valence-electron chi connectivity index (χ2n) is 5.01. The Bertz CT molecular complexity index is 530. The molecule has 20 heavy (non-hydrogen) atoms. The number of aryl methyl sites for hydroxylation is 2. The van der Waals surface area contributed by atoms with Gasteiger partial charge in [0.15, 0.2) is 0 Å². The highest BCUT2D eigenvalue weighted by atomic mass is 15.3. The van der Waals surface area contributed by atoms with Crippen molar-refractivity contribution in [1.29, 1.82) is 0 Å². The van der Waals surface area contributed by atoms with Gasteiger partial charge in [-0.15, -0.1) is 0 Å². The van der Waals surface area contributed by atoms with Gasteiger partial charge in [-0.1, -0.05) is 19.1 Å². The van der Waals surface area contributed by atoms with Crippen molar-refractivity contribution in [1.82, 2.24) is 9.78 Å². The zero-order valence-electron chi connectivity index (χ0n) is 12.6. The molecule has 1 aromatic heterocycles. The van der Waals surface area contributed by atoms with Gasteiger partial charge in [-0.3, -0.25) is 4.68 Å². The van der Waals surface area contributed by atoms with Crippen molar-refractivity contribution in [3.05, 3.63) is 47.8 Å². The Balaban J connectivity index is 2.21. The molecule has 2 N–H and O–H groups in total. The van der Waals surface area contributed by atoms with E-state index in [1.54, 1.807) is 0 Å². The van der Waals surface area contributed by atoms with Crippen LogP contribution in [-0.4, -0.2) is 23.4 Å². The molecule has 1 heterocycles.